The molecule has 0 nitrogen and oxygen atoms in total. The van der Waals surface area contributed by atoms with E-state index in [4.69, 9.17) is 0 Å². The fourth-order valence-corrected chi connectivity index (χ4v) is 1.71. The highest BCUT2D eigenvalue weighted by Gasteiger charge is 1.94. The second-order valence-corrected chi connectivity index (χ2v) is 3.70. The third-order valence-electron chi connectivity index (χ3n) is 2.52. The molecular formula is C14H16. The second kappa shape index (κ2) is 4.80. The van der Waals surface area contributed by atoms with E-state index in [1.165, 1.54) is 36.8 Å². The maximum Gasteiger partial charge on any atom is -0.0299 e. The van der Waals surface area contributed by atoms with Gasteiger partial charge in [0.2, 0.25) is 0 Å². The van der Waals surface area contributed by atoms with Gasteiger partial charge in [-0.25, -0.2) is 0 Å². The minimum atomic E-state index is 1.19. The van der Waals surface area contributed by atoms with Gasteiger partial charge in [-0.1, -0.05) is 48.6 Å². The van der Waals surface area contributed by atoms with Crippen LogP contribution in [0.15, 0.2) is 59.8 Å². The molecule has 0 amide bonds. The Hall–Kier alpha value is -1.30. The second-order valence-electron chi connectivity index (χ2n) is 3.70. The van der Waals surface area contributed by atoms with Crippen molar-refractivity contribution in [2.45, 2.75) is 25.7 Å². The molecule has 0 N–H and O–H groups in total. The van der Waals surface area contributed by atoms with E-state index in [1.807, 2.05) is 0 Å². The smallest absolute Gasteiger partial charge is 0.0299 e. The van der Waals surface area contributed by atoms with Crippen LogP contribution in [-0.4, -0.2) is 0 Å². The van der Waals surface area contributed by atoms with Crippen molar-refractivity contribution >= 4 is 0 Å². The lowest BCUT2D eigenvalue weighted by atomic mass is 10.0. The minimum Gasteiger partial charge on any atom is -0.0836 e. The molecule has 0 bridgehead atoms. The molecule has 2 rings (SSSR count). The van der Waals surface area contributed by atoms with Gasteiger partial charge < -0.3 is 0 Å². The normalized spacial score (nSPS) is 21.1. The van der Waals surface area contributed by atoms with Crippen LogP contribution in [0, 0.1) is 0 Å². The number of hydrogen-bond acceptors (Lipinski definition) is 0. The summed E-state index contributed by atoms with van der Waals surface area (Å²) in [6, 6.07) is 0. The number of rotatable bonds is 2. The molecule has 0 spiro atoms. The van der Waals surface area contributed by atoms with Crippen LogP contribution in [0.2, 0.25) is 0 Å². The molecule has 0 aromatic rings. The Kier molecular flexibility index (Phi) is 3.18. The first kappa shape index (κ1) is 9.26. The van der Waals surface area contributed by atoms with Gasteiger partial charge in [-0.3, -0.25) is 0 Å². The molecule has 0 fully saturated rings. The molecule has 0 heteroatoms. The van der Waals surface area contributed by atoms with Gasteiger partial charge in [0.05, 0.1) is 0 Å². The summed E-state index contributed by atoms with van der Waals surface area (Å²) in [5.41, 5.74) is 2.69. The highest BCUT2D eigenvalue weighted by atomic mass is 14.0. The Morgan fingerprint density at radius 3 is 1.57 bits per heavy atom. The predicted molar refractivity (Wildman–Crippen MR) is 62.1 cm³/mol. The van der Waals surface area contributed by atoms with Crippen molar-refractivity contribution in [2.24, 2.45) is 0 Å². The van der Waals surface area contributed by atoms with E-state index in [0.29, 0.717) is 0 Å². The third kappa shape index (κ3) is 2.59. The first-order valence-corrected chi connectivity index (χ1v) is 5.37. The summed E-state index contributed by atoms with van der Waals surface area (Å²) in [7, 11) is 0. The first-order chi connectivity index (χ1) is 6.95. The molecule has 72 valence electrons. The van der Waals surface area contributed by atoms with Crippen LogP contribution < -0.4 is 0 Å². The fourth-order valence-electron chi connectivity index (χ4n) is 1.71. The summed E-state index contributed by atoms with van der Waals surface area (Å²) in [5, 5.41) is 0. The highest BCUT2D eigenvalue weighted by molar-refractivity contribution is 5.40. The average Bonchev–Trinajstić information content (AvgIpc) is 2.29. The molecular weight excluding hydrogens is 168 g/mol. The lowest BCUT2D eigenvalue weighted by Crippen LogP contribution is -1.83. The van der Waals surface area contributed by atoms with Crippen molar-refractivity contribution in [1.82, 2.24) is 0 Å². The van der Waals surface area contributed by atoms with E-state index in [9.17, 15) is 0 Å². The zero-order valence-electron chi connectivity index (χ0n) is 8.45. The maximum atomic E-state index is 2.30. The summed E-state index contributed by atoms with van der Waals surface area (Å²) in [4.78, 5) is 0. The molecule has 0 radical (unpaired) electrons. The molecule has 0 atom stereocenters. The van der Waals surface area contributed by atoms with Gasteiger partial charge in [0, 0.05) is 0 Å². The summed E-state index contributed by atoms with van der Waals surface area (Å²) >= 11 is 0. The fraction of sp³-hybridized carbons (Fsp3) is 0.286. The van der Waals surface area contributed by atoms with Gasteiger partial charge in [-0.2, -0.15) is 0 Å². The van der Waals surface area contributed by atoms with Crippen LogP contribution in [-0.2, 0) is 0 Å². The monoisotopic (exact) mass is 184 g/mol. The molecule has 0 saturated carbocycles. The lowest BCUT2D eigenvalue weighted by molar-refractivity contribution is 1.02. The van der Waals surface area contributed by atoms with Gasteiger partial charge in [0.15, 0.2) is 0 Å². The van der Waals surface area contributed by atoms with Crippen LogP contribution in [0.3, 0.4) is 0 Å². The van der Waals surface area contributed by atoms with Crippen molar-refractivity contribution in [3.63, 3.8) is 0 Å². The molecule has 0 aliphatic heterocycles. The van der Waals surface area contributed by atoms with Crippen molar-refractivity contribution in [3.8, 4) is 0 Å². The Morgan fingerprint density at radius 2 is 1.21 bits per heavy atom. The van der Waals surface area contributed by atoms with Gasteiger partial charge >= 0.3 is 0 Å². The average molecular weight is 184 g/mol. The van der Waals surface area contributed by atoms with E-state index in [0.717, 1.165) is 0 Å². The summed E-state index contributed by atoms with van der Waals surface area (Å²) in [6.07, 6.45) is 22.6. The molecule has 0 aromatic heterocycles. The third-order valence-corrected chi connectivity index (χ3v) is 2.52. The largest absolute Gasteiger partial charge is 0.0836 e. The molecule has 0 saturated heterocycles. The summed E-state index contributed by atoms with van der Waals surface area (Å²) in [6.45, 7) is 0. The van der Waals surface area contributed by atoms with E-state index < -0.39 is 0 Å². The van der Waals surface area contributed by atoms with Gasteiger partial charge in [0.1, 0.15) is 0 Å². The zero-order chi connectivity index (χ0) is 9.64. The van der Waals surface area contributed by atoms with Crippen LogP contribution >= 0.6 is 0 Å². The maximum absolute atomic E-state index is 2.30. The van der Waals surface area contributed by atoms with Crippen LogP contribution in [0.4, 0.5) is 0 Å². The van der Waals surface area contributed by atoms with Crippen molar-refractivity contribution in [1.29, 1.82) is 0 Å². The SMILES string of the molecule is C1=CC(/C=C/C2=CCCC=C2)=CCC1. The lowest BCUT2D eigenvalue weighted by Gasteiger charge is -2.03. The van der Waals surface area contributed by atoms with Crippen LogP contribution in [0.25, 0.3) is 0 Å². The van der Waals surface area contributed by atoms with Crippen LogP contribution in [0.1, 0.15) is 25.7 Å². The van der Waals surface area contributed by atoms with Crippen molar-refractivity contribution in [2.75, 3.05) is 0 Å². The zero-order valence-corrected chi connectivity index (χ0v) is 8.45. The van der Waals surface area contributed by atoms with E-state index >= 15 is 0 Å². The number of allylic oxidation sites excluding steroid dienone is 10. The minimum absolute atomic E-state index is 1.19. The van der Waals surface area contributed by atoms with Gasteiger partial charge in [-0.05, 0) is 36.8 Å². The molecule has 14 heavy (non-hydrogen) atoms. The van der Waals surface area contributed by atoms with Gasteiger partial charge in [0.25, 0.3) is 0 Å². The summed E-state index contributed by atoms with van der Waals surface area (Å²) < 4.78 is 0. The highest BCUT2D eigenvalue weighted by Crippen LogP contribution is 2.14. The van der Waals surface area contributed by atoms with Crippen LogP contribution in [0.5, 0.6) is 0 Å². The Labute approximate surface area is 86.0 Å². The predicted octanol–water partition coefficient (Wildman–Crippen LogP) is 4.10. The molecule has 2 aliphatic carbocycles. The van der Waals surface area contributed by atoms with Crippen molar-refractivity contribution < 1.29 is 0 Å². The Bertz CT molecular complexity index is 301. The Morgan fingerprint density at radius 1 is 0.714 bits per heavy atom. The van der Waals surface area contributed by atoms with Gasteiger partial charge in [-0.15, -0.1) is 0 Å². The van der Waals surface area contributed by atoms with Crippen molar-refractivity contribution in [3.05, 3.63) is 59.8 Å². The standard InChI is InChI=1S/C14H16/c1-3-7-13(8-4-1)11-12-14-9-5-2-6-10-14/h3,5,7-12H,1-2,4,6H2/b12-11+. The van der Waals surface area contributed by atoms with E-state index in [2.05, 4.69) is 48.6 Å². The summed E-state index contributed by atoms with van der Waals surface area (Å²) in [5.74, 6) is 0. The molecule has 0 aromatic carbocycles. The quantitative estimate of drug-likeness (QED) is 0.606. The molecule has 0 heterocycles. The van der Waals surface area contributed by atoms with E-state index in [-0.39, 0.29) is 0 Å². The first-order valence-electron chi connectivity index (χ1n) is 5.37. The molecule has 2 aliphatic rings. The topological polar surface area (TPSA) is 0 Å². The van der Waals surface area contributed by atoms with E-state index in [1.54, 1.807) is 0 Å². The Balaban J connectivity index is 1.99. The number of hydrogen-bond donors (Lipinski definition) is 0. The molecule has 0 unspecified atom stereocenters.